The molecule has 0 bridgehead atoms. The van der Waals surface area contributed by atoms with Gasteiger partial charge in [0, 0.05) is 5.69 Å². The maximum atomic E-state index is 13.2. The van der Waals surface area contributed by atoms with E-state index in [1.165, 1.54) is 32.0 Å². The van der Waals surface area contributed by atoms with Gasteiger partial charge in [0.15, 0.2) is 0 Å². The third-order valence-electron chi connectivity index (χ3n) is 5.10. The molecule has 0 heterocycles. The molecule has 2 amide bonds. The van der Waals surface area contributed by atoms with E-state index in [1.54, 1.807) is 12.1 Å². The highest BCUT2D eigenvalue weighted by Crippen LogP contribution is 2.34. The fourth-order valence-electron chi connectivity index (χ4n) is 3.30. The lowest BCUT2D eigenvalue weighted by molar-refractivity contribution is 0.0783. The Morgan fingerprint density at radius 2 is 1.52 bits per heavy atom. The quantitative estimate of drug-likeness (QED) is 0.574. The van der Waals surface area contributed by atoms with Gasteiger partial charge in [0.05, 0.1) is 33.8 Å². The van der Waals surface area contributed by atoms with Crippen molar-refractivity contribution in [1.29, 1.82) is 10.5 Å². The highest BCUT2D eigenvalue weighted by molar-refractivity contribution is 7.91. The van der Waals surface area contributed by atoms with Crippen LogP contribution in [-0.2, 0) is 15.5 Å². The van der Waals surface area contributed by atoms with E-state index in [1.807, 2.05) is 33.8 Å². The molecule has 33 heavy (non-hydrogen) atoms. The Bertz CT molecular complexity index is 1260. The molecule has 0 spiro atoms. The van der Waals surface area contributed by atoms with Gasteiger partial charge in [-0.15, -0.1) is 4.36 Å². The van der Waals surface area contributed by atoms with Crippen LogP contribution >= 0.6 is 0 Å². The lowest BCUT2D eigenvalue weighted by Gasteiger charge is -2.20. The Morgan fingerprint density at radius 3 is 1.94 bits per heavy atom. The van der Waals surface area contributed by atoms with E-state index in [0.717, 1.165) is 11.1 Å². The Hall–Kier alpha value is -3.24. The van der Waals surface area contributed by atoms with Gasteiger partial charge in [-0.05, 0) is 72.7 Å². The van der Waals surface area contributed by atoms with Crippen LogP contribution in [0.25, 0.3) is 0 Å². The number of aliphatic hydroxyl groups is 1. The zero-order valence-electron chi connectivity index (χ0n) is 19.6. The molecular weight excluding hydrogens is 438 g/mol. The monoisotopic (exact) mass is 467 g/mol. The van der Waals surface area contributed by atoms with Gasteiger partial charge < -0.3 is 10.4 Å². The van der Waals surface area contributed by atoms with Crippen LogP contribution in [0.1, 0.15) is 81.2 Å². The number of anilines is 1. The van der Waals surface area contributed by atoms with Crippen LogP contribution in [0.5, 0.6) is 0 Å². The van der Waals surface area contributed by atoms with Gasteiger partial charge in [-0.1, -0.05) is 27.7 Å². The standard InChI is InChI=1S/C24H29N5O3S/c1-14(2)20-9-17(13-26)10-21(15(3)4)22(20)28-23(30)29-33(27,32)19-8-16(12-25)7-18(11-19)24(5,6)31/h7-11,14-15,31H,1-6H3,(H3,27,28,29,30,32)/t33-/m0/s1. The van der Waals surface area contributed by atoms with Gasteiger partial charge in [0.1, 0.15) is 9.92 Å². The topological polar surface area (TPSA) is 152 Å². The van der Waals surface area contributed by atoms with E-state index >= 15 is 0 Å². The highest BCUT2D eigenvalue weighted by atomic mass is 32.2. The Kier molecular flexibility index (Phi) is 7.66. The van der Waals surface area contributed by atoms with Crippen LogP contribution in [0.3, 0.4) is 0 Å². The van der Waals surface area contributed by atoms with Gasteiger partial charge in [-0.3, -0.25) is 0 Å². The first kappa shape index (κ1) is 26.0. The summed E-state index contributed by atoms with van der Waals surface area (Å²) in [5.74, 6) is -0.00929. The number of carbonyl (C=O) groups excluding carboxylic acids is 1. The minimum absolute atomic E-state index is 0.00464. The summed E-state index contributed by atoms with van der Waals surface area (Å²) < 4.78 is 16.9. The number of urea groups is 1. The van der Waals surface area contributed by atoms with Crippen LogP contribution < -0.4 is 10.5 Å². The number of hydrogen-bond acceptors (Lipinski definition) is 5. The van der Waals surface area contributed by atoms with Crippen LogP contribution in [0.2, 0.25) is 0 Å². The van der Waals surface area contributed by atoms with Crippen LogP contribution in [-0.4, -0.2) is 15.3 Å². The van der Waals surface area contributed by atoms with Crippen molar-refractivity contribution in [2.45, 2.75) is 63.9 Å². The molecule has 1 atom stereocenters. The third-order valence-corrected chi connectivity index (χ3v) is 6.45. The SMILES string of the molecule is CC(C)c1cc(C#N)cc(C(C)C)c1NC(=O)N=[S@](N)(=O)c1cc(C#N)cc(C(C)(C)O)c1. The van der Waals surface area contributed by atoms with Gasteiger partial charge in [-0.25, -0.2) is 14.1 Å². The molecule has 0 unspecified atom stereocenters. The fourth-order valence-corrected chi connectivity index (χ4v) is 4.29. The first-order valence-corrected chi connectivity index (χ1v) is 12.0. The molecule has 2 rings (SSSR count). The van der Waals surface area contributed by atoms with E-state index in [2.05, 4.69) is 15.7 Å². The van der Waals surface area contributed by atoms with Crippen molar-refractivity contribution >= 4 is 21.6 Å². The summed E-state index contributed by atoms with van der Waals surface area (Å²) in [5, 5.41) is 37.6. The number of nitrogens with zero attached hydrogens (tertiary/aromatic N) is 3. The second kappa shape index (κ2) is 9.72. The molecule has 2 aromatic rings. The van der Waals surface area contributed by atoms with Crippen molar-refractivity contribution < 1.29 is 14.1 Å². The maximum absolute atomic E-state index is 13.2. The molecule has 174 valence electrons. The number of rotatable bonds is 5. The molecular formula is C24H29N5O3S. The number of benzene rings is 2. The fraction of sp³-hybridized carbons (Fsp3) is 0.375. The number of hydrogen-bond donors (Lipinski definition) is 3. The van der Waals surface area contributed by atoms with Gasteiger partial charge in [0.25, 0.3) is 0 Å². The van der Waals surface area contributed by atoms with Crippen LogP contribution in [0.15, 0.2) is 39.6 Å². The first-order chi connectivity index (χ1) is 15.2. The lowest BCUT2D eigenvalue weighted by Crippen LogP contribution is -2.21. The molecule has 0 aliphatic heterocycles. The molecule has 0 saturated carbocycles. The zero-order chi connectivity index (χ0) is 25.1. The van der Waals surface area contributed by atoms with Crippen molar-refractivity contribution in [3.8, 4) is 12.1 Å². The summed E-state index contributed by atoms with van der Waals surface area (Å²) >= 11 is 0. The van der Waals surface area contributed by atoms with E-state index in [9.17, 15) is 24.6 Å². The average molecular weight is 468 g/mol. The second-order valence-electron chi connectivity index (χ2n) is 8.96. The number of carbonyl (C=O) groups is 1. The summed E-state index contributed by atoms with van der Waals surface area (Å²) in [6.07, 6.45) is 0. The van der Waals surface area contributed by atoms with Crippen molar-refractivity contribution in [2.75, 3.05) is 5.32 Å². The highest BCUT2D eigenvalue weighted by Gasteiger charge is 2.22. The molecule has 8 nitrogen and oxygen atoms in total. The minimum Gasteiger partial charge on any atom is -0.386 e. The van der Waals surface area contributed by atoms with Gasteiger partial charge in [0.2, 0.25) is 0 Å². The second-order valence-corrected chi connectivity index (χ2v) is 10.7. The molecule has 0 saturated heterocycles. The maximum Gasteiger partial charge on any atom is 0.354 e. The molecule has 0 fully saturated rings. The number of amides is 2. The first-order valence-electron chi connectivity index (χ1n) is 10.4. The Balaban J connectivity index is 2.59. The number of nitrogens with two attached hydrogens (primary N) is 1. The van der Waals surface area contributed by atoms with E-state index in [4.69, 9.17) is 5.14 Å². The Labute approximate surface area is 195 Å². The summed E-state index contributed by atoms with van der Waals surface area (Å²) in [6.45, 7) is 10.8. The predicted octanol–water partition coefficient (Wildman–Crippen LogP) is 4.84. The van der Waals surface area contributed by atoms with Crippen molar-refractivity contribution in [1.82, 2.24) is 0 Å². The molecule has 0 aliphatic carbocycles. The number of nitriles is 2. The van der Waals surface area contributed by atoms with Crippen molar-refractivity contribution in [3.05, 3.63) is 58.1 Å². The molecule has 4 N–H and O–H groups in total. The number of nitrogens with one attached hydrogen (secondary N) is 1. The van der Waals surface area contributed by atoms with Gasteiger partial charge in [-0.2, -0.15) is 10.5 Å². The van der Waals surface area contributed by atoms with Crippen LogP contribution in [0, 0.1) is 22.7 Å². The molecule has 0 radical (unpaired) electrons. The largest absolute Gasteiger partial charge is 0.386 e. The van der Waals surface area contributed by atoms with E-state index in [0.29, 0.717) is 16.8 Å². The van der Waals surface area contributed by atoms with Gasteiger partial charge >= 0.3 is 6.03 Å². The smallest absolute Gasteiger partial charge is 0.354 e. The molecule has 2 aromatic carbocycles. The average Bonchev–Trinajstić information content (AvgIpc) is 2.71. The van der Waals surface area contributed by atoms with Crippen LogP contribution in [0.4, 0.5) is 10.5 Å². The summed E-state index contributed by atoms with van der Waals surface area (Å²) in [7, 11) is -3.73. The summed E-state index contributed by atoms with van der Waals surface area (Å²) in [6, 6.07) is 10.7. The zero-order valence-corrected chi connectivity index (χ0v) is 20.4. The Morgan fingerprint density at radius 1 is 1.03 bits per heavy atom. The van der Waals surface area contributed by atoms with E-state index < -0.39 is 21.5 Å². The molecule has 0 aliphatic rings. The normalized spacial score (nSPS) is 13.2. The summed E-state index contributed by atoms with van der Waals surface area (Å²) in [4.78, 5) is 12.8. The van der Waals surface area contributed by atoms with Crippen molar-refractivity contribution in [2.24, 2.45) is 9.50 Å². The molecule has 9 heteroatoms. The third kappa shape index (κ3) is 6.17. The predicted molar refractivity (Wildman–Crippen MR) is 128 cm³/mol. The van der Waals surface area contributed by atoms with Crippen molar-refractivity contribution in [3.63, 3.8) is 0 Å². The summed E-state index contributed by atoms with van der Waals surface area (Å²) in [5.41, 5.74) is 1.62. The lowest BCUT2D eigenvalue weighted by atomic mass is 9.90. The molecule has 0 aromatic heterocycles. The minimum atomic E-state index is -3.73. The van der Waals surface area contributed by atoms with E-state index in [-0.39, 0.29) is 22.3 Å².